The summed E-state index contributed by atoms with van der Waals surface area (Å²) < 4.78 is 35.2. The summed E-state index contributed by atoms with van der Waals surface area (Å²) in [5, 5.41) is 11.0. The van der Waals surface area contributed by atoms with Crippen LogP contribution in [0.1, 0.15) is 25.3 Å². The highest BCUT2D eigenvalue weighted by molar-refractivity contribution is 6.32. The predicted molar refractivity (Wildman–Crippen MR) is 123 cm³/mol. The summed E-state index contributed by atoms with van der Waals surface area (Å²) in [6, 6.07) is 7.47. The first-order valence-corrected chi connectivity index (χ1v) is 11.3. The Morgan fingerprint density at radius 1 is 1.14 bits per heavy atom. The summed E-state index contributed by atoms with van der Waals surface area (Å²) in [7, 11) is 0. The average Bonchev–Trinajstić information content (AvgIpc) is 3.16. The molecule has 1 aromatic carbocycles. The number of alkyl halides is 3. The lowest BCUT2D eigenvalue weighted by Crippen LogP contribution is -2.44. The van der Waals surface area contributed by atoms with Gasteiger partial charge in [-0.25, -0.2) is 9.59 Å². The van der Waals surface area contributed by atoms with Gasteiger partial charge in [-0.05, 0) is 31.4 Å². The maximum absolute atomic E-state index is 12.9. The van der Waals surface area contributed by atoms with E-state index in [0.29, 0.717) is 27.8 Å². The molecule has 0 radical (unpaired) electrons. The molecule has 1 saturated carbocycles. The van der Waals surface area contributed by atoms with Crippen molar-refractivity contribution in [1.29, 1.82) is 0 Å². The molecule has 0 amide bonds. The second-order valence-electron chi connectivity index (χ2n) is 8.12. The van der Waals surface area contributed by atoms with E-state index in [9.17, 15) is 22.8 Å². The van der Waals surface area contributed by atoms with Crippen molar-refractivity contribution in [1.82, 2.24) is 24.4 Å². The number of aliphatic carboxylic acids is 1. The number of piperazine rings is 1. The van der Waals surface area contributed by atoms with E-state index in [0.717, 1.165) is 45.4 Å². The van der Waals surface area contributed by atoms with Gasteiger partial charge >= 0.3 is 17.8 Å². The lowest BCUT2D eigenvalue weighted by molar-refractivity contribution is -0.192. The van der Waals surface area contributed by atoms with Crippen LogP contribution in [-0.2, 0) is 4.79 Å². The Hall–Kier alpha value is -3.32. The number of hydrogen-bond donors (Lipinski definition) is 3. The fraction of sp³-hybridized carbons (Fsp3) is 0.429. The molecule has 1 aliphatic carbocycles. The summed E-state index contributed by atoms with van der Waals surface area (Å²) >= 11 is 6.49. The van der Waals surface area contributed by atoms with E-state index >= 15 is 0 Å². The number of carbonyl (C=O) groups is 1. The molecule has 1 aliphatic heterocycles. The Bertz CT molecular complexity index is 1360. The number of H-pyrrole nitrogens is 1. The number of benzene rings is 1. The van der Waals surface area contributed by atoms with Crippen molar-refractivity contribution in [3.63, 3.8) is 0 Å². The normalized spacial score (nSPS) is 16.5. The lowest BCUT2D eigenvalue weighted by Gasteiger charge is -2.29. The maximum Gasteiger partial charge on any atom is 0.490 e. The highest BCUT2D eigenvalue weighted by Crippen LogP contribution is 2.34. The van der Waals surface area contributed by atoms with Crippen molar-refractivity contribution in [2.75, 3.05) is 31.1 Å². The summed E-state index contributed by atoms with van der Waals surface area (Å²) in [5.41, 5.74) is 0.659. The fourth-order valence-corrected chi connectivity index (χ4v) is 4.22. The molecule has 0 bridgehead atoms. The number of carboxylic acids is 1. The number of fused-ring (bicyclic) bond motifs is 1. The molecule has 2 fully saturated rings. The van der Waals surface area contributed by atoms with Gasteiger partial charge in [0, 0.05) is 32.2 Å². The van der Waals surface area contributed by atoms with Gasteiger partial charge in [0.15, 0.2) is 11.2 Å². The number of carboxylic acid groups (broad SMARTS) is 1. The number of imidazole rings is 1. The van der Waals surface area contributed by atoms with Gasteiger partial charge in [-0.1, -0.05) is 23.7 Å². The highest BCUT2D eigenvalue weighted by Gasteiger charge is 2.38. The molecule has 188 valence electrons. The maximum atomic E-state index is 12.9. The van der Waals surface area contributed by atoms with Crippen LogP contribution in [-0.4, -0.2) is 62.5 Å². The monoisotopic (exact) mass is 514 g/mol. The van der Waals surface area contributed by atoms with Crippen LogP contribution in [0, 0.1) is 0 Å². The largest absolute Gasteiger partial charge is 0.490 e. The topological polar surface area (TPSA) is 125 Å². The number of aromatic nitrogens is 4. The first-order chi connectivity index (χ1) is 16.6. The standard InChI is InChI=1S/C19H21ClN6O2.C2HF3O2/c20-13-6-1-2-7-14(13)26-15-16(22-18(26)24-10-8-21-9-11-24)25(12-4-3-5-12)19(28)23-17(15)27;3-2(4,5)1(6)7/h1-2,6-7,12,21H,3-5,8-11H2,(H,23,27,28);(H,6,7). The minimum atomic E-state index is -5.08. The Morgan fingerprint density at radius 2 is 1.77 bits per heavy atom. The summed E-state index contributed by atoms with van der Waals surface area (Å²) in [4.78, 5) is 43.8. The average molecular weight is 515 g/mol. The SMILES string of the molecule is O=C(O)C(F)(F)F.O=c1[nH]c(=O)n(C2CCC2)c2nc(N3CCNCC3)n(-c3ccccc3Cl)c12. The molecule has 3 heterocycles. The third-order valence-corrected chi connectivity index (χ3v) is 6.22. The first kappa shape index (κ1) is 24.8. The second kappa shape index (κ2) is 9.74. The van der Waals surface area contributed by atoms with Crippen molar-refractivity contribution >= 4 is 34.7 Å². The second-order valence-corrected chi connectivity index (χ2v) is 8.53. The van der Waals surface area contributed by atoms with Crippen molar-refractivity contribution in [2.24, 2.45) is 0 Å². The van der Waals surface area contributed by atoms with Gasteiger partial charge in [0.2, 0.25) is 5.95 Å². The van der Waals surface area contributed by atoms with E-state index in [1.165, 1.54) is 0 Å². The van der Waals surface area contributed by atoms with Crippen molar-refractivity contribution < 1.29 is 23.1 Å². The highest BCUT2D eigenvalue weighted by atomic mass is 35.5. The molecule has 5 rings (SSSR count). The van der Waals surface area contributed by atoms with Gasteiger partial charge in [-0.3, -0.25) is 18.9 Å². The Balaban J connectivity index is 0.000000364. The van der Waals surface area contributed by atoms with E-state index in [4.69, 9.17) is 26.5 Å². The zero-order chi connectivity index (χ0) is 25.3. The number of halogens is 4. The van der Waals surface area contributed by atoms with Gasteiger partial charge < -0.3 is 15.3 Å². The van der Waals surface area contributed by atoms with E-state index < -0.39 is 23.4 Å². The van der Waals surface area contributed by atoms with Gasteiger partial charge in [0.25, 0.3) is 5.56 Å². The number of rotatable bonds is 3. The van der Waals surface area contributed by atoms with Crippen molar-refractivity contribution in [2.45, 2.75) is 31.5 Å². The molecule has 0 spiro atoms. The third-order valence-electron chi connectivity index (χ3n) is 5.90. The van der Waals surface area contributed by atoms with Gasteiger partial charge in [0.05, 0.1) is 10.7 Å². The molecule has 0 atom stereocenters. The summed E-state index contributed by atoms with van der Waals surface area (Å²) in [5.74, 6) is -2.11. The van der Waals surface area contributed by atoms with Crippen LogP contribution in [0.25, 0.3) is 16.9 Å². The van der Waals surface area contributed by atoms with Crippen LogP contribution in [0.5, 0.6) is 0 Å². The quantitative estimate of drug-likeness (QED) is 0.489. The van der Waals surface area contributed by atoms with Crippen LogP contribution in [0.2, 0.25) is 5.02 Å². The molecule has 3 aromatic rings. The number of nitrogens with one attached hydrogen (secondary N) is 2. The summed E-state index contributed by atoms with van der Waals surface area (Å²) in [6.07, 6.45) is -2.17. The zero-order valence-electron chi connectivity index (χ0n) is 18.3. The molecule has 14 heteroatoms. The third kappa shape index (κ3) is 4.91. The Morgan fingerprint density at radius 3 is 2.31 bits per heavy atom. The number of para-hydroxylation sites is 1. The molecule has 2 aliphatic rings. The number of hydrogen-bond acceptors (Lipinski definition) is 6. The molecule has 35 heavy (non-hydrogen) atoms. The van der Waals surface area contributed by atoms with E-state index in [-0.39, 0.29) is 6.04 Å². The first-order valence-electron chi connectivity index (χ1n) is 10.9. The van der Waals surface area contributed by atoms with Crippen LogP contribution in [0.15, 0.2) is 33.9 Å². The molecular weight excluding hydrogens is 493 g/mol. The Kier molecular flexibility index (Phi) is 6.90. The van der Waals surface area contributed by atoms with E-state index in [1.54, 1.807) is 15.2 Å². The van der Waals surface area contributed by atoms with Crippen molar-refractivity contribution in [3.05, 3.63) is 50.1 Å². The molecule has 2 aromatic heterocycles. The molecular formula is C21H22ClF3N6O4. The molecule has 3 N–H and O–H groups in total. The van der Waals surface area contributed by atoms with Crippen LogP contribution < -0.4 is 21.5 Å². The minimum absolute atomic E-state index is 0.0808. The Labute approximate surface area is 200 Å². The van der Waals surface area contributed by atoms with Gasteiger partial charge in [-0.2, -0.15) is 18.2 Å². The fourth-order valence-electron chi connectivity index (χ4n) is 4.00. The molecule has 0 unspecified atom stereocenters. The van der Waals surface area contributed by atoms with Gasteiger partial charge in [-0.15, -0.1) is 0 Å². The molecule has 10 nitrogen and oxygen atoms in total. The minimum Gasteiger partial charge on any atom is -0.475 e. The summed E-state index contributed by atoms with van der Waals surface area (Å²) in [6.45, 7) is 3.19. The predicted octanol–water partition coefficient (Wildman–Crippen LogP) is 2.30. The van der Waals surface area contributed by atoms with E-state index in [1.807, 2.05) is 18.2 Å². The lowest BCUT2D eigenvalue weighted by atomic mass is 9.93. The number of nitrogens with zero attached hydrogens (tertiary/aromatic N) is 4. The van der Waals surface area contributed by atoms with Crippen LogP contribution in [0.3, 0.4) is 0 Å². The van der Waals surface area contributed by atoms with E-state index in [2.05, 4.69) is 15.2 Å². The number of aromatic amines is 1. The molecule has 1 saturated heterocycles. The number of anilines is 1. The van der Waals surface area contributed by atoms with Crippen LogP contribution >= 0.6 is 11.6 Å². The van der Waals surface area contributed by atoms with Gasteiger partial charge in [0.1, 0.15) is 0 Å². The zero-order valence-corrected chi connectivity index (χ0v) is 19.1. The van der Waals surface area contributed by atoms with Crippen molar-refractivity contribution in [3.8, 4) is 5.69 Å². The smallest absolute Gasteiger partial charge is 0.475 e. The van der Waals surface area contributed by atoms with Crippen LogP contribution in [0.4, 0.5) is 19.1 Å².